The Morgan fingerprint density at radius 2 is 1.46 bits per heavy atom. The topological polar surface area (TPSA) is 114 Å². The Morgan fingerprint density at radius 1 is 0.811 bits per heavy atom. The average molecular weight is 505 g/mol. The highest BCUT2D eigenvalue weighted by atomic mass is 19.1. The number of rotatable bonds is 8. The SMILES string of the molecule is COC(=O)c1ccc(Nc2ncc(F)c(Nc3ccc(NC(=O)c4ccc(OC)cc4F)cc3)n2)cc1. The van der Waals surface area contributed by atoms with Gasteiger partial charge < -0.3 is 25.4 Å². The molecule has 1 amide bonds. The monoisotopic (exact) mass is 505 g/mol. The molecule has 0 aliphatic heterocycles. The van der Waals surface area contributed by atoms with Crippen molar-refractivity contribution in [3.05, 3.63) is 95.7 Å². The zero-order valence-corrected chi connectivity index (χ0v) is 19.7. The molecule has 0 aliphatic rings. The van der Waals surface area contributed by atoms with Crippen LogP contribution in [0.25, 0.3) is 0 Å². The van der Waals surface area contributed by atoms with Crippen LogP contribution < -0.4 is 20.7 Å². The minimum atomic E-state index is -0.710. The van der Waals surface area contributed by atoms with Crippen LogP contribution in [-0.2, 0) is 4.74 Å². The minimum absolute atomic E-state index is 0.0826. The van der Waals surface area contributed by atoms with Crippen LogP contribution in [0, 0.1) is 11.6 Å². The number of hydrogen-bond donors (Lipinski definition) is 3. The average Bonchev–Trinajstić information content (AvgIpc) is 2.91. The maximum Gasteiger partial charge on any atom is 0.337 e. The molecule has 0 fully saturated rings. The number of carbonyl (C=O) groups excluding carboxylic acids is 2. The van der Waals surface area contributed by atoms with Crippen LogP contribution in [0.4, 0.5) is 37.6 Å². The van der Waals surface area contributed by atoms with Gasteiger partial charge in [0.1, 0.15) is 11.6 Å². The lowest BCUT2D eigenvalue weighted by Crippen LogP contribution is -2.13. The highest BCUT2D eigenvalue weighted by molar-refractivity contribution is 6.04. The summed E-state index contributed by atoms with van der Waals surface area (Å²) < 4.78 is 38.1. The number of hydrogen-bond acceptors (Lipinski definition) is 8. The predicted molar refractivity (Wildman–Crippen MR) is 134 cm³/mol. The molecular formula is C26H21F2N5O4. The molecule has 4 aromatic rings. The van der Waals surface area contributed by atoms with E-state index < -0.39 is 23.5 Å². The molecule has 1 heterocycles. The third kappa shape index (κ3) is 6.14. The summed E-state index contributed by atoms with van der Waals surface area (Å²) in [6.07, 6.45) is 1.01. The number of nitrogens with zero attached hydrogens (tertiary/aromatic N) is 2. The standard InChI is InChI=1S/C26H21F2N5O4/c1-36-19-11-12-20(21(27)13-19)24(34)31-17-9-7-16(8-10-17)30-23-22(28)14-29-26(33-23)32-18-5-3-15(4-6-18)25(35)37-2/h3-14H,1-2H3,(H,31,34)(H2,29,30,32,33). The Morgan fingerprint density at radius 3 is 2.11 bits per heavy atom. The van der Waals surface area contributed by atoms with E-state index in [9.17, 15) is 18.4 Å². The lowest BCUT2D eigenvalue weighted by Gasteiger charge is -2.11. The van der Waals surface area contributed by atoms with Gasteiger partial charge in [0.15, 0.2) is 11.6 Å². The van der Waals surface area contributed by atoms with E-state index in [1.807, 2.05) is 0 Å². The molecule has 0 unspecified atom stereocenters. The number of amides is 1. The fraction of sp³-hybridized carbons (Fsp3) is 0.0769. The second kappa shape index (κ2) is 11.1. The minimum Gasteiger partial charge on any atom is -0.497 e. The Balaban J connectivity index is 1.41. The van der Waals surface area contributed by atoms with E-state index in [-0.39, 0.29) is 17.3 Å². The number of esters is 1. The van der Waals surface area contributed by atoms with Crippen molar-refractivity contribution in [3.63, 3.8) is 0 Å². The molecule has 1 aromatic heterocycles. The lowest BCUT2D eigenvalue weighted by atomic mass is 10.2. The molecule has 3 aromatic carbocycles. The van der Waals surface area contributed by atoms with E-state index in [1.165, 1.54) is 26.4 Å². The van der Waals surface area contributed by atoms with Crippen LogP contribution in [0.15, 0.2) is 72.9 Å². The van der Waals surface area contributed by atoms with Crippen LogP contribution in [-0.4, -0.2) is 36.1 Å². The molecule has 3 N–H and O–H groups in total. The van der Waals surface area contributed by atoms with E-state index in [4.69, 9.17) is 4.74 Å². The van der Waals surface area contributed by atoms with Crippen LogP contribution in [0.5, 0.6) is 5.75 Å². The van der Waals surface area contributed by atoms with Crippen LogP contribution in [0.3, 0.4) is 0 Å². The first-order valence-corrected chi connectivity index (χ1v) is 10.9. The van der Waals surface area contributed by atoms with Crippen LogP contribution >= 0.6 is 0 Å². The maximum atomic E-state index is 14.3. The van der Waals surface area contributed by atoms with Crippen molar-refractivity contribution in [1.29, 1.82) is 0 Å². The quantitative estimate of drug-likeness (QED) is 0.277. The van der Waals surface area contributed by atoms with E-state index >= 15 is 0 Å². The van der Waals surface area contributed by atoms with Crippen molar-refractivity contribution >= 4 is 40.7 Å². The van der Waals surface area contributed by atoms with Crippen LogP contribution in [0.1, 0.15) is 20.7 Å². The molecule has 11 heteroatoms. The fourth-order valence-electron chi connectivity index (χ4n) is 3.23. The second-order valence-electron chi connectivity index (χ2n) is 7.59. The molecule has 188 valence electrons. The van der Waals surface area contributed by atoms with Gasteiger partial charge in [-0.15, -0.1) is 0 Å². The highest BCUT2D eigenvalue weighted by Gasteiger charge is 2.14. The molecule has 4 rings (SSSR count). The van der Waals surface area contributed by atoms with E-state index in [0.29, 0.717) is 28.4 Å². The Hall–Kier alpha value is -5.06. The highest BCUT2D eigenvalue weighted by Crippen LogP contribution is 2.23. The van der Waals surface area contributed by atoms with Crippen molar-refractivity contribution in [2.24, 2.45) is 0 Å². The Kier molecular flexibility index (Phi) is 7.53. The number of halogens is 2. The molecule has 0 spiro atoms. The van der Waals surface area contributed by atoms with Crippen molar-refractivity contribution in [2.45, 2.75) is 0 Å². The molecule has 37 heavy (non-hydrogen) atoms. The van der Waals surface area contributed by atoms with Crippen molar-refractivity contribution in [2.75, 3.05) is 30.2 Å². The van der Waals surface area contributed by atoms with Crippen molar-refractivity contribution in [3.8, 4) is 5.75 Å². The molecule has 0 radical (unpaired) electrons. The fourth-order valence-corrected chi connectivity index (χ4v) is 3.23. The zero-order chi connectivity index (χ0) is 26.4. The largest absolute Gasteiger partial charge is 0.497 e. The summed E-state index contributed by atoms with van der Waals surface area (Å²) in [6, 6.07) is 16.7. The summed E-state index contributed by atoms with van der Waals surface area (Å²) in [5.41, 5.74) is 1.72. The molecular weight excluding hydrogens is 484 g/mol. The molecule has 9 nitrogen and oxygen atoms in total. The summed E-state index contributed by atoms with van der Waals surface area (Å²) in [5.74, 6) is -2.14. The molecule has 0 atom stereocenters. The third-order valence-electron chi connectivity index (χ3n) is 5.13. The van der Waals surface area contributed by atoms with E-state index in [0.717, 1.165) is 12.3 Å². The molecule has 0 aliphatic carbocycles. The van der Waals surface area contributed by atoms with Gasteiger partial charge in [-0.05, 0) is 60.7 Å². The summed E-state index contributed by atoms with van der Waals surface area (Å²) >= 11 is 0. The number of carbonyl (C=O) groups is 2. The summed E-state index contributed by atoms with van der Waals surface area (Å²) in [7, 11) is 2.70. The van der Waals surface area contributed by atoms with Gasteiger partial charge in [-0.25, -0.2) is 18.6 Å². The van der Waals surface area contributed by atoms with Crippen molar-refractivity contribution in [1.82, 2.24) is 9.97 Å². The Bertz CT molecular complexity index is 1430. The first-order valence-electron chi connectivity index (χ1n) is 10.9. The van der Waals surface area contributed by atoms with E-state index in [1.54, 1.807) is 48.5 Å². The van der Waals surface area contributed by atoms with Crippen LogP contribution in [0.2, 0.25) is 0 Å². The van der Waals surface area contributed by atoms with Gasteiger partial charge in [0.2, 0.25) is 5.95 Å². The summed E-state index contributed by atoms with van der Waals surface area (Å²) in [5, 5.41) is 8.39. The molecule has 0 saturated carbocycles. The number of ether oxygens (including phenoxy) is 2. The van der Waals surface area contributed by atoms with Gasteiger partial charge in [0.05, 0.1) is 31.5 Å². The van der Waals surface area contributed by atoms with Gasteiger partial charge in [-0.1, -0.05) is 0 Å². The number of anilines is 5. The van der Waals surface area contributed by atoms with E-state index in [2.05, 4.69) is 30.7 Å². The Labute approximate surface area is 210 Å². The molecule has 0 saturated heterocycles. The van der Waals surface area contributed by atoms with Crippen molar-refractivity contribution < 1.29 is 27.8 Å². The van der Waals surface area contributed by atoms with Gasteiger partial charge in [0, 0.05) is 23.1 Å². The number of benzene rings is 3. The van der Waals surface area contributed by atoms with Gasteiger partial charge in [-0.2, -0.15) is 4.98 Å². The number of aromatic nitrogens is 2. The summed E-state index contributed by atoms with van der Waals surface area (Å²) in [4.78, 5) is 32.0. The van der Waals surface area contributed by atoms with Gasteiger partial charge >= 0.3 is 5.97 Å². The summed E-state index contributed by atoms with van der Waals surface area (Å²) in [6.45, 7) is 0. The number of methoxy groups -OCH3 is 2. The maximum absolute atomic E-state index is 14.3. The molecule has 0 bridgehead atoms. The number of nitrogens with one attached hydrogen (secondary N) is 3. The lowest BCUT2D eigenvalue weighted by molar-refractivity contribution is 0.0600. The first-order chi connectivity index (χ1) is 17.9. The zero-order valence-electron chi connectivity index (χ0n) is 19.7. The third-order valence-corrected chi connectivity index (χ3v) is 5.13. The second-order valence-corrected chi connectivity index (χ2v) is 7.59. The predicted octanol–water partition coefficient (Wildman–Crippen LogP) is 5.29. The first kappa shape index (κ1) is 25.0. The smallest absolute Gasteiger partial charge is 0.337 e. The van der Waals surface area contributed by atoms with Gasteiger partial charge in [-0.3, -0.25) is 4.79 Å². The van der Waals surface area contributed by atoms with Gasteiger partial charge in [0.25, 0.3) is 5.91 Å². The normalized spacial score (nSPS) is 10.4.